The van der Waals surface area contributed by atoms with Gasteiger partial charge in [0.1, 0.15) is 5.75 Å². The monoisotopic (exact) mass is 348 g/mol. The molecule has 0 bridgehead atoms. The number of nitrogens with zero attached hydrogens (tertiary/aromatic N) is 1. The van der Waals surface area contributed by atoms with Crippen molar-refractivity contribution < 1.29 is 23.9 Å². The molecule has 1 aliphatic heterocycles. The van der Waals surface area contributed by atoms with Crippen LogP contribution in [0.2, 0.25) is 0 Å². The van der Waals surface area contributed by atoms with Crippen LogP contribution in [0.1, 0.15) is 33.3 Å². The van der Waals surface area contributed by atoms with Crippen molar-refractivity contribution in [1.82, 2.24) is 10.2 Å². The molecule has 1 aromatic carbocycles. The SMILES string of the molecule is C[C@H](OC(=O)COc1ccccc1C(C)(C)C)C(=O)N1CCNC1=O. The summed E-state index contributed by atoms with van der Waals surface area (Å²) in [6.45, 7) is 7.96. The van der Waals surface area contributed by atoms with Crippen LogP contribution in [0.5, 0.6) is 5.75 Å². The van der Waals surface area contributed by atoms with E-state index in [1.165, 1.54) is 6.92 Å². The second-order valence-electron chi connectivity index (χ2n) is 6.89. The van der Waals surface area contributed by atoms with Crippen LogP contribution in [-0.2, 0) is 19.7 Å². The number of hydrogen-bond acceptors (Lipinski definition) is 5. The number of esters is 1. The summed E-state index contributed by atoms with van der Waals surface area (Å²) in [7, 11) is 0. The molecule has 1 aliphatic rings. The van der Waals surface area contributed by atoms with Gasteiger partial charge in [-0.05, 0) is 24.0 Å². The number of carbonyl (C=O) groups excluding carboxylic acids is 3. The van der Waals surface area contributed by atoms with E-state index in [-0.39, 0.29) is 18.6 Å². The van der Waals surface area contributed by atoms with Gasteiger partial charge in [-0.1, -0.05) is 39.0 Å². The molecule has 3 amide bonds. The third kappa shape index (κ3) is 4.71. The minimum atomic E-state index is -1.04. The molecule has 0 radical (unpaired) electrons. The molecule has 0 unspecified atom stereocenters. The fourth-order valence-corrected chi connectivity index (χ4v) is 2.53. The van der Waals surface area contributed by atoms with Crippen molar-refractivity contribution in [3.63, 3.8) is 0 Å². The lowest BCUT2D eigenvalue weighted by Crippen LogP contribution is -2.42. The maximum absolute atomic E-state index is 12.1. The molecule has 0 saturated carbocycles. The van der Waals surface area contributed by atoms with E-state index in [0.29, 0.717) is 12.3 Å². The Morgan fingerprint density at radius 2 is 1.96 bits per heavy atom. The Bertz CT molecular complexity index is 666. The summed E-state index contributed by atoms with van der Waals surface area (Å²) in [4.78, 5) is 36.6. The Morgan fingerprint density at radius 1 is 1.28 bits per heavy atom. The zero-order chi connectivity index (χ0) is 18.6. The molecular weight excluding hydrogens is 324 g/mol. The van der Waals surface area contributed by atoms with Gasteiger partial charge in [0.25, 0.3) is 5.91 Å². The van der Waals surface area contributed by atoms with Gasteiger partial charge in [0.05, 0.1) is 0 Å². The average Bonchev–Trinajstić information content (AvgIpc) is 2.97. The third-order valence-corrected chi connectivity index (χ3v) is 3.82. The first-order chi connectivity index (χ1) is 11.7. The number of para-hydroxylation sites is 1. The Labute approximate surface area is 147 Å². The number of hydrogen-bond donors (Lipinski definition) is 1. The number of benzene rings is 1. The van der Waals surface area contributed by atoms with Crippen LogP contribution in [0.3, 0.4) is 0 Å². The third-order valence-electron chi connectivity index (χ3n) is 3.82. The highest BCUT2D eigenvalue weighted by Gasteiger charge is 2.31. The Balaban J connectivity index is 1.91. The average molecular weight is 348 g/mol. The molecule has 1 aromatic rings. The summed E-state index contributed by atoms with van der Waals surface area (Å²) in [5.41, 5.74) is 0.841. The van der Waals surface area contributed by atoms with Gasteiger partial charge in [0, 0.05) is 13.1 Å². The van der Waals surface area contributed by atoms with Crippen LogP contribution in [0.15, 0.2) is 24.3 Å². The lowest BCUT2D eigenvalue weighted by atomic mass is 9.86. The van der Waals surface area contributed by atoms with E-state index in [0.717, 1.165) is 10.5 Å². The maximum atomic E-state index is 12.1. The molecule has 0 aromatic heterocycles. The molecule has 2 rings (SSSR count). The number of amides is 3. The van der Waals surface area contributed by atoms with Crippen LogP contribution in [0.4, 0.5) is 4.79 Å². The first-order valence-electron chi connectivity index (χ1n) is 8.21. The number of rotatable bonds is 5. The zero-order valence-electron chi connectivity index (χ0n) is 15.0. The van der Waals surface area contributed by atoms with Gasteiger partial charge in [-0.2, -0.15) is 0 Å². The summed E-state index contributed by atoms with van der Waals surface area (Å²) in [6.07, 6.45) is -1.04. The Kier molecular flexibility index (Phi) is 5.66. The van der Waals surface area contributed by atoms with Gasteiger partial charge in [-0.3, -0.25) is 9.69 Å². The number of nitrogens with one attached hydrogen (secondary N) is 1. The van der Waals surface area contributed by atoms with Crippen LogP contribution in [-0.4, -0.2) is 48.6 Å². The fourth-order valence-electron chi connectivity index (χ4n) is 2.53. The molecule has 0 spiro atoms. The lowest BCUT2D eigenvalue weighted by molar-refractivity contribution is -0.159. The highest BCUT2D eigenvalue weighted by Crippen LogP contribution is 2.30. The van der Waals surface area contributed by atoms with Crippen molar-refractivity contribution in [2.75, 3.05) is 19.7 Å². The molecule has 7 heteroatoms. The van der Waals surface area contributed by atoms with Gasteiger partial charge in [-0.25, -0.2) is 9.59 Å². The standard InChI is InChI=1S/C18H24N2O5/c1-12(16(22)20-10-9-19-17(20)23)25-15(21)11-24-14-8-6-5-7-13(14)18(2,3)4/h5-8,12H,9-11H2,1-4H3,(H,19,23)/t12-/m0/s1. The van der Waals surface area contributed by atoms with Crippen LogP contribution in [0, 0.1) is 0 Å². The quantitative estimate of drug-likeness (QED) is 0.821. The number of ether oxygens (including phenoxy) is 2. The van der Waals surface area contributed by atoms with E-state index < -0.39 is 24.0 Å². The van der Waals surface area contributed by atoms with Gasteiger partial charge < -0.3 is 14.8 Å². The predicted molar refractivity (Wildman–Crippen MR) is 91.3 cm³/mol. The molecule has 1 heterocycles. The molecule has 1 saturated heterocycles. The maximum Gasteiger partial charge on any atom is 0.344 e. The van der Waals surface area contributed by atoms with Crippen molar-refractivity contribution >= 4 is 17.9 Å². The molecule has 7 nitrogen and oxygen atoms in total. The lowest BCUT2D eigenvalue weighted by Gasteiger charge is -2.23. The van der Waals surface area contributed by atoms with Crippen LogP contribution in [0.25, 0.3) is 0 Å². The Morgan fingerprint density at radius 3 is 2.56 bits per heavy atom. The minimum Gasteiger partial charge on any atom is -0.482 e. The predicted octanol–water partition coefficient (Wildman–Crippen LogP) is 1.85. The van der Waals surface area contributed by atoms with E-state index in [9.17, 15) is 14.4 Å². The number of urea groups is 1. The van der Waals surface area contributed by atoms with Crippen molar-refractivity contribution in [3.05, 3.63) is 29.8 Å². The number of imide groups is 1. The molecule has 1 atom stereocenters. The van der Waals surface area contributed by atoms with Gasteiger partial charge in [0.15, 0.2) is 12.7 Å². The van der Waals surface area contributed by atoms with E-state index in [2.05, 4.69) is 26.1 Å². The largest absolute Gasteiger partial charge is 0.482 e. The molecule has 25 heavy (non-hydrogen) atoms. The van der Waals surface area contributed by atoms with Crippen molar-refractivity contribution in [3.8, 4) is 5.75 Å². The Hall–Kier alpha value is -2.57. The second-order valence-corrected chi connectivity index (χ2v) is 6.89. The van der Waals surface area contributed by atoms with Gasteiger partial charge in [0.2, 0.25) is 0 Å². The molecule has 0 aliphatic carbocycles. The first kappa shape index (κ1) is 18.8. The highest BCUT2D eigenvalue weighted by molar-refractivity contribution is 5.98. The van der Waals surface area contributed by atoms with Crippen molar-refractivity contribution in [1.29, 1.82) is 0 Å². The van der Waals surface area contributed by atoms with Crippen LogP contribution >= 0.6 is 0 Å². The zero-order valence-corrected chi connectivity index (χ0v) is 15.0. The molecular formula is C18H24N2O5. The van der Waals surface area contributed by atoms with Gasteiger partial charge >= 0.3 is 12.0 Å². The van der Waals surface area contributed by atoms with Gasteiger partial charge in [-0.15, -0.1) is 0 Å². The van der Waals surface area contributed by atoms with Crippen LogP contribution < -0.4 is 10.1 Å². The highest BCUT2D eigenvalue weighted by atomic mass is 16.6. The smallest absolute Gasteiger partial charge is 0.344 e. The second kappa shape index (κ2) is 7.55. The van der Waals surface area contributed by atoms with Crippen molar-refractivity contribution in [2.45, 2.75) is 39.2 Å². The first-order valence-corrected chi connectivity index (χ1v) is 8.21. The summed E-state index contributed by atoms with van der Waals surface area (Å²) in [5, 5.41) is 2.53. The summed E-state index contributed by atoms with van der Waals surface area (Å²) in [6, 6.07) is 7.00. The van der Waals surface area contributed by atoms with E-state index in [1.54, 1.807) is 6.07 Å². The minimum absolute atomic E-state index is 0.132. The van der Waals surface area contributed by atoms with E-state index in [1.807, 2.05) is 18.2 Å². The summed E-state index contributed by atoms with van der Waals surface area (Å²) < 4.78 is 10.7. The molecule has 136 valence electrons. The topological polar surface area (TPSA) is 84.9 Å². The van der Waals surface area contributed by atoms with E-state index >= 15 is 0 Å². The number of carbonyl (C=O) groups is 3. The molecule has 1 N–H and O–H groups in total. The summed E-state index contributed by atoms with van der Waals surface area (Å²) in [5.74, 6) is -0.604. The molecule has 1 fully saturated rings. The normalized spacial score (nSPS) is 15.5. The van der Waals surface area contributed by atoms with Crippen molar-refractivity contribution in [2.24, 2.45) is 0 Å². The summed E-state index contributed by atoms with van der Waals surface area (Å²) >= 11 is 0. The fraction of sp³-hybridized carbons (Fsp3) is 0.500. The van der Waals surface area contributed by atoms with E-state index in [4.69, 9.17) is 9.47 Å².